The molecule has 1 saturated carbocycles. The van der Waals surface area contributed by atoms with Crippen molar-refractivity contribution in [2.45, 2.75) is 38.1 Å². The Morgan fingerprint density at radius 1 is 1.52 bits per heavy atom. The molecule has 0 radical (unpaired) electrons. The fourth-order valence-corrected chi connectivity index (χ4v) is 3.23. The van der Waals surface area contributed by atoms with Crippen molar-refractivity contribution < 1.29 is 9.18 Å². The molecule has 1 amide bonds. The molecule has 1 aromatic rings. The fourth-order valence-electron chi connectivity index (χ4n) is 3.23. The highest BCUT2D eigenvalue weighted by molar-refractivity contribution is 5.92. The highest BCUT2D eigenvalue weighted by atomic mass is 19.1. The van der Waals surface area contributed by atoms with E-state index in [1.807, 2.05) is 0 Å². The minimum absolute atomic E-state index is 0.0132. The minimum atomic E-state index is -0.628. The maximum absolute atomic E-state index is 13.1. The van der Waals surface area contributed by atoms with Gasteiger partial charge in [0, 0.05) is 12.1 Å². The van der Waals surface area contributed by atoms with Crippen LogP contribution in [0.1, 0.15) is 43.1 Å². The number of pyridine rings is 1. The Kier molecular flexibility index (Phi) is 4.93. The Labute approximate surface area is 125 Å². The number of nitrogens with zero attached hydrogens (tertiary/aromatic N) is 2. The summed E-state index contributed by atoms with van der Waals surface area (Å²) < 4.78 is 13.1. The zero-order chi connectivity index (χ0) is 15.5. The standard InChI is InChI=1S/C16H24FN3O/c1-12-6-5-9-16(10-12,20(2)3)11-18-15(21)13-7-4-8-14(17)19-13/h4,7-8,12H,5-6,9-11H2,1-3H3,(H,18,21). The third kappa shape index (κ3) is 3.79. The molecule has 2 rings (SSSR count). The van der Waals surface area contributed by atoms with E-state index < -0.39 is 5.95 Å². The lowest BCUT2D eigenvalue weighted by Gasteiger charge is -2.45. The maximum atomic E-state index is 13.1. The number of hydrogen-bond acceptors (Lipinski definition) is 3. The summed E-state index contributed by atoms with van der Waals surface area (Å²) in [5, 5.41) is 2.93. The van der Waals surface area contributed by atoms with Crippen LogP contribution in [-0.2, 0) is 0 Å². The van der Waals surface area contributed by atoms with Crippen molar-refractivity contribution in [3.05, 3.63) is 29.8 Å². The first-order valence-electron chi connectivity index (χ1n) is 7.51. The van der Waals surface area contributed by atoms with Gasteiger partial charge in [0.05, 0.1) is 0 Å². The topological polar surface area (TPSA) is 45.2 Å². The van der Waals surface area contributed by atoms with Crippen molar-refractivity contribution in [2.75, 3.05) is 20.6 Å². The summed E-state index contributed by atoms with van der Waals surface area (Å²) in [6.45, 7) is 2.83. The molecule has 116 valence electrons. The van der Waals surface area contributed by atoms with E-state index in [0.29, 0.717) is 12.5 Å². The van der Waals surface area contributed by atoms with Gasteiger partial charge in [-0.3, -0.25) is 4.79 Å². The molecule has 1 heterocycles. The second-order valence-corrected chi connectivity index (χ2v) is 6.35. The fraction of sp³-hybridized carbons (Fsp3) is 0.625. The first-order valence-corrected chi connectivity index (χ1v) is 7.51. The van der Waals surface area contributed by atoms with Crippen LogP contribution in [-0.4, -0.2) is 42.0 Å². The van der Waals surface area contributed by atoms with Crippen LogP contribution < -0.4 is 5.32 Å². The van der Waals surface area contributed by atoms with Crippen molar-refractivity contribution in [3.8, 4) is 0 Å². The summed E-state index contributed by atoms with van der Waals surface area (Å²) in [4.78, 5) is 18.0. The second kappa shape index (κ2) is 6.52. The van der Waals surface area contributed by atoms with Crippen LogP contribution in [0, 0.1) is 11.9 Å². The van der Waals surface area contributed by atoms with E-state index >= 15 is 0 Å². The Morgan fingerprint density at radius 2 is 2.29 bits per heavy atom. The lowest BCUT2D eigenvalue weighted by atomic mass is 9.75. The van der Waals surface area contributed by atoms with Crippen molar-refractivity contribution in [2.24, 2.45) is 5.92 Å². The molecule has 5 heteroatoms. The lowest BCUT2D eigenvalue weighted by Crippen LogP contribution is -2.55. The summed E-state index contributed by atoms with van der Waals surface area (Å²) in [5.41, 5.74) is 0.119. The molecule has 1 N–H and O–H groups in total. The van der Waals surface area contributed by atoms with E-state index in [-0.39, 0.29) is 17.1 Å². The number of carbonyl (C=O) groups excluding carboxylic acids is 1. The predicted molar refractivity (Wildman–Crippen MR) is 80.6 cm³/mol. The van der Waals surface area contributed by atoms with Gasteiger partial charge in [-0.15, -0.1) is 0 Å². The van der Waals surface area contributed by atoms with Gasteiger partial charge in [0.2, 0.25) is 5.95 Å². The molecule has 1 aromatic heterocycles. The maximum Gasteiger partial charge on any atom is 0.270 e. The zero-order valence-electron chi connectivity index (χ0n) is 13.0. The Bertz CT molecular complexity index is 506. The number of aromatic nitrogens is 1. The number of hydrogen-bond donors (Lipinski definition) is 1. The minimum Gasteiger partial charge on any atom is -0.349 e. The van der Waals surface area contributed by atoms with Gasteiger partial charge < -0.3 is 10.2 Å². The van der Waals surface area contributed by atoms with Crippen LogP contribution in [0.5, 0.6) is 0 Å². The summed E-state index contributed by atoms with van der Waals surface area (Å²) in [5.74, 6) is -0.282. The van der Waals surface area contributed by atoms with Crippen molar-refractivity contribution in [1.29, 1.82) is 0 Å². The number of likely N-dealkylation sites (N-methyl/N-ethyl adjacent to an activating group) is 1. The van der Waals surface area contributed by atoms with E-state index in [2.05, 4.69) is 36.2 Å². The average molecular weight is 293 g/mol. The second-order valence-electron chi connectivity index (χ2n) is 6.35. The van der Waals surface area contributed by atoms with Crippen molar-refractivity contribution in [1.82, 2.24) is 15.2 Å². The summed E-state index contributed by atoms with van der Waals surface area (Å²) in [6, 6.07) is 4.27. The smallest absolute Gasteiger partial charge is 0.270 e. The van der Waals surface area contributed by atoms with Crippen molar-refractivity contribution >= 4 is 5.91 Å². The molecular weight excluding hydrogens is 269 g/mol. The van der Waals surface area contributed by atoms with Crippen LogP contribution in [0.4, 0.5) is 4.39 Å². The summed E-state index contributed by atoms with van der Waals surface area (Å²) >= 11 is 0. The van der Waals surface area contributed by atoms with Gasteiger partial charge in [-0.25, -0.2) is 4.98 Å². The monoisotopic (exact) mass is 293 g/mol. The van der Waals surface area contributed by atoms with E-state index in [0.717, 1.165) is 12.8 Å². The number of rotatable bonds is 4. The molecule has 2 atom stereocenters. The molecule has 21 heavy (non-hydrogen) atoms. The van der Waals surface area contributed by atoms with Gasteiger partial charge in [0.1, 0.15) is 5.69 Å². The third-order valence-electron chi connectivity index (χ3n) is 4.54. The van der Waals surface area contributed by atoms with Gasteiger partial charge in [-0.2, -0.15) is 4.39 Å². The van der Waals surface area contributed by atoms with Gasteiger partial charge in [-0.1, -0.05) is 25.8 Å². The molecule has 0 aliphatic heterocycles. The molecule has 0 spiro atoms. The summed E-state index contributed by atoms with van der Waals surface area (Å²) in [7, 11) is 4.12. The number of carbonyl (C=O) groups is 1. The van der Waals surface area contributed by atoms with Crippen LogP contribution in [0.2, 0.25) is 0 Å². The number of amides is 1. The quantitative estimate of drug-likeness (QED) is 0.867. The Morgan fingerprint density at radius 3 is 2.90 bits per heavy atom. The molecule has 0 saturated heterocycles. The third-order valence-corrected chi connectivity index (χ3v) is 4.54. The van der Waals surface area contributed by atoms with Crippen LogP contribution in [0.15, 0.2) is 18.2 Å². The molecular formula is C16H24FN3O. The van der Waals surface area contributed by atoms with E-state index in [4.69, 9.17) is 0 Å². The molecule has 0 aromatic carbocycles. The molecule has 2 unspecified atom stereocenters. The molecule has 1 aliphatic rings. The Balaban J connectivity index is 2.03. The number of nitrogens with one attached hydrogen (secondary N) is 1. The normalized spacial score (nSPS) is 25.9. The van der Waals surface area contributed by atoms with Gasteiger partial charge in [-0.05, 0) is 45.0 Å². The first kappa shape index (κ1) is 15.9. The van der Waals surface area contributed by atoms with Gasteiger partial charge in [0.25, 0.3) is 5.91 Å². The molecule has 4 nitrogen and oxygen atoms in total. The molecule has 1 fully saturated rings. The highest BCUT2D eigenvalue weighted by Gasteiger charge is 2.37. The summed E-state index contributed by atoms with van der Waals surface area (Å²) in [6.07, 6.45) is 4.56. The largest absolute Gasteiger partial charge is 0.349 e. The van der Waals surface area contributed by atoms with E-state index in [1.165, 1.54) is 31.0 Å². The zero-order valence-corrected chi connectivity index (χ0v) is 13.0. The SMILES string of the molecule is CC1CCCC(CNC(=O)c2cccc(F)n2)(N(C)C)C1. The lowest BCUT2D eigenvalue weighted by molar-refractivity contribution is 0.0672. The predicted octanol–water partition coefficient (Wildman–Crippen LogP) is 2.46. The van der Waals surface area contributed by atoms with Crippen molar-refractivity contribution in [3.63, 3.8) is 0 Å². The number of halogens is 1. The van der Waals surface area contributed by atoms with Gasteiger partial charge in [0.15, 0.2) is 0 Å². The first-order chi connectivity index (χ1) is 9.93. The molecule has 0 bridgehead atoms. The Hall–Kier alpha value is -1.49. The van der Waals surface area contributed by atoms with E-state index in [1.54, 1.807) is 0 Å². The highest BCUT2D eigenvalue weighted by Crippen LogP contribution is 2.35. The average Bonchev–Trinajstić information content (AvgIpc) is 2.44. The van der Waals surface area contributed by atoms with Gasteiger partial charge >= 0.3 is 0 Å². The van der Waals surface area contributed by atoms with Crippen LogP contribution in [0.3, 0.4) is 0 Å². The van der Waals surface area contributed by atoms with E-state index in [9.17, 15) is 9.18 Å². The molecule has 1 aliphatic carbocycles. The van der Waals surface area contributed by atoms with Crippen LogP contribution >= 0.6 is 0 Å². The van der Waals surface area contributed by atoms with Crippen LogP contribution in [0.25, 0.3) is 0 Å².